The van der Waals surface area contributed by atoms with Crippen LogP contribution in [-0.4, -0.2) is 67.7 Å². The molecule has 2 aromatic carbocycles. The molecular formula is C24H30FN3O4. The van der Waals surface area contributed by atoms with Gasteiger partial charge in [-0.15, -0.1) is 0 Å². The Bertz CT molecular complexity index is 881. The van der Waals surface area contributed by atoms with Gasteiger partial charge in [-0.25, -0.2) is 9.18 Å². The third kappa shape index (κ3) is 6.87. The number of methoxy groups -OCH3 is 1. The van der Waals surface area contributed by atoms with Crippen LogP contribution in [0, 0.1) is 5.82 Å². The van der Waals surface area contributed by atoms with Crippen LogP contribution in [0.4, 0.5) is 9.18 Å². The monoisotopic (exact) mass is 443 g/mol. The number of nitrogens with zero attached hydrogens (tertiary/aromatic N) is 2. The largest absolute Gasteiger partial charge is 0.497 e. The van der Waals surface area contributed by atoms with Crippen LogP contribution in [0.25, 0.3) is 0 Å². The van der Waals surface area contributed by atoms with Gasteiger partial charge in [0.1, 0.15) is 23.9 Å². The van der Waals surface area contributed by atoms with Gasteiger partial charge in [-0.2, -0.15) is 0 Å². The first-order valence-electron chi connectivity index (χ1n) is 10.8. The van der Waals surface area contributed by atoms with Crippen LogP contribution in [0.2, 0.25) is 0 Å². The van der Waals surface area contributed by atoms with Crippen molar-refractivity contribution in [3.63, 3.8) is 0 Å². The fourth-order valence-electron chi connectivity index (χ4n) is 3.46. The highest BCUT2D eigenvalue weighted by Gasteiger charge is 2.24. The van der Waals surface area contributed by atoms with E-state index in [9.17, 15) is 14.0 Å². The van der Waals surface area contributed by atoms with E-state index in [4.69, 9.17) is 9.47 Å². The summed E-state index contributed by atoms with van der Waals surface area (Å²) in [6.07, 6.45) is 1.12. The number of carbonyl (C=O) groups is 2. The van der Waals surface area contributed by atoms with Crippen molar-refractivity contribution in [2.45, 2.75) is 25.8 Å². The molecule has 0 saturated carbocycles. The minimum atomic E-state index is -0.322. The molecule has 1 fully saturated rings. The number of carbonyl (C=O) groups excluding carboxylic acids is 2. The summed E-state index contributed by atoms with van der Waals surface area (Å²) in [4.78, 5) is 28.6. The zero-order valence-corrected chi connectivity index (χ0v) is 18.6. The summed E-state index contributed by atoms with van der Waals surface area (Å²) in [6.45, 7) is 4.16. The number of nitrogens with one attached hydrogen (secondary N) is 1. The molecule has 0 aliphatic carbocycles. The molecule has 172 valence electrons. The number of benzene rings is 2. The van der Waals surface area contributed by atoms with Gasteiger partial charge in [0.25, 0.3) is 0 Å². The van der Waals surface area contributed by atoms with Crippen molar-refractivity contribution < 1.29 is 23.5 Å². The molecule has 0 spiro atoms. The summed E-state index contributed by atoms with van der Waals surface area (Å²) in [5.41, 5.74) is 1.09. The van der Waals surface area contributed by atoms with Crippen molar-refractivity contribution in [1.29, 1.82) is 0 Å². The Morgan fingerprint density at radius 2 is 1.56 bits per heavy atom. The van der Waals surface area contributed by atoms with Crippen molar-refractivity contribution in [2.75, 3.05) is 39.9 Å². The van der Waals surface area contributed by atoms with Gasteiger partial charge in [-0.1, -0.05) is 12.1 Å². The van der Waals surface area contributed by atoms with Crippen molar-refractivity contribution in [3.05, 3.63) is 59.9 Å². The number of hydrogen-bond acceptors (Lipinski definition) is 4. The molecule has 1 atom stereocenters. The number of aryl methyl sites for hydroxylation is 1. The lowest BCUT2D eigenvalue weighted by atomic mass is 10.1. The molecule has 0 bridgehead atoms. The maximum atomic E-state index is 12.9. The molecule has 7 nitrogen and oxygen atoms in total. The number of ether oxygens (including phenoxy) is 2. The molecule has 3 amide bonds. The molecule has 8 heteroatoms. The van der Waals surface area contributed by atoms with Crippen LogP contribution in [0.15, 0.2) is 48.5 Å². The standard InChI is InChI=1S/C24H30FN3O4/c1-18(17-32-22-10-6-20(25)7-11-22)26-24(30)28-15-13-27(14-16-28)23(29)12-5-19-3-8-21(31-2)9-4-19/h3-4,6-11,18H,5,12-17H2,1-2H3,(H,26,30). The summed E-state index contributed by atoms with van der Waals surface area (Å²) in [5, 5.41) is 2.91. The summed E-state index contributed by atoms with van der Waals surface area (Å²) in [7, 11) is 1.63. The number of halogens is 1. The average molecular weight is 444 g/mol. The molecular weight excluding hydrogens is 413 g/mol. The van der Waals surface area contributed by atoms with Crippen LogP contribution in [0.5, 0.6) is 11.5 Å². The second kappa shape index (κ2) is 11.4. The van der Waals surface area contributed by atoms with Crippen LogP contribution in [0.3, 0.4) is 0 Å². The predicted octanol–water partition coefficient (Wildman–Crippen LogP) is 3.09. The van der Waals surface area contributed by atoms with E-state index >= 15 is 0 Å². The zero-order valence-electron chi connectivity index (χ0n) is 18.6. The molecule has 3 rings (SSSR count). The van der Waals surface area contributed by atoms with Crippen LogP contribution >= 0.6 is 0 Å². The molecule has 1 saturated heterocycles. The molecule has 0 aromatic heterocycles. The van der Waals surface area contributed by atoms with Gasteiger partial charge in [0, 0.05) is 32.6 Å². The Hall–Kier alpha value is -3.29. The van der Waals surface area contributed by atoms with Crippen molar-refractivity contribution in [1.82, 2.24) is 15.1 Å². The van der Waals surface area contributed by atoms with Gasteiger partial charge in [0.05, 0.1) is 13.2 Å². The third-order valence-electron chi connectivity index (χ3n) is 5.39. The Kier molecular flexibility index (Phi) is 8.30. The van der Waals surface area contributed by atoms with Crippen LogP contribution in [-0.2, 0) is 11.2 Å². The first-order valence-corrected chi connectivity index (χ1v) is 10.8. The van der Waals surface area contributed by atoms with E-state index in [0.717, 1.165) is 11.3 Å². The number of piperazine rings is 1. The van der Waals surface area contributed by atoms with Crippen molar-refractivity contribution in [3.8, 4) is 11.5 Å². The van der Waals surface area contributed by atoms with E-state index in [2.05, 4.69) is 5.32 Å². The van der Waals surface area contributed by atoms with E-state index in [-0.39, 0.29) is 30.4 Å². The fourth-order valence-corrected chi connectivity index (χ4v) is 3.46. The Morgan fingerprint density at radius 3 is 2.19 bits per heavy atom. The van der Waals surface area contributed by atoms with Gasteiger partial charge < -0.3 is 24.6 Å². The number of hydrogen-bond donors (Lipinski definition) is 1. The number of rotatable bonds is 8. The van der Waals surface area contributed by atoms with E-state index in [0.29, 0.717) is 44.8 Å². The SMILES string of the molecule is COc1ccc(CCC(=O)N2CCN(C(=O)NC(C)COc3ccc(F)cc3)CC2)cc1. The molecule has 1 aliphatic heterocycles. The number of urea groups is 1. The topological polar surface area (TPSA) is 71.1 Å². The minimum absolute atomic E-state index is 0.0990. The van der Waals surface area contributed by atoms with E-state index in [1.165, 1.54) is 12.1 Å². The summed E-state index contributed by atoms with van der Waals surface area (Å²) < 4.78 is 23.7. The molecule has 1 aliphatic rings. The first kappa shape index (κ1) is 23.4. The molecule has 1 unspecified atom stereocenters. The lowest BCUT2D eigenvalue weighted by molar-refractivity contribution is -0.132. The maximum Gasteiger partial charge on any atom is 0.317 e. The maximum absolute atomic E-state index is 12.9. The highest BCUT2D eigenvalue weighted by molar-refractivity contribution is 5.78. The quantitative estimate of drug-likeness (QED) is 0.681. The van der Waals surface area contributed by atoms with Crippen molar-refractivity contribution in [2.24, 2.45) is 0 Å². The highest BCUT2D eigenvalue weighted by Crippen LogP contribution is 2.14. The predicted molar refractivity (Wildman–Crippen MR) is 119 cm³/mol. The van der Waals surface area contributed by atoms with Crippen molar-refractivity contribution >= 4 is 11.9 Å². The van der Waals surface area contributed by atoms with Gasteiger partial charge in [-0.05, 0) is 55.3 Å². The first-order chi connectivity index (χ1) is 15.4. The lowest BCUT2D eigenvalue weighted by Gasteiger charge is -2.35. The lowest BCUT2D eigenvalue weighted by Crippen LogP contribution is -2.54. The second-order valence-corrected chi connectivity index (χ2v) is 7.83. The Morgan fingerprint density at radius 1 is 0.969 bits per heavy atom. The van der Waals surface area contributed by atoms with Gasteiger partial charge >= 0.3 is 6.03 Å². The third-order valence-corrected chi connectivity index (χ3v) is 5.39. The average Bonchev–Trinajstić information content (AvgIpc) is 2.82. The Balaban J connectivity index is 1.35. The molecule has 32 heavy (non-hydrogen) atoms. The second-order valence-electron chi connectivity index (χ2n) is 7.83. The summed E-state index contributed by atoms with van der Waals surface area (Å²) in [5.74, 6) is 1.12. The van der Waals surface area contributed by atoms with E-state index in [1.807, 2.05) is 36.1 Å². The van der Waals surface area contributed by atoms with E-state index in [1.54, 1.807) is 24.1 Å². The molecule has 2 aromatic rings. The zero-order chi connectivity index (χ0) is 22.9. The van der Waals surface area contributed by atoms with Crippen LogP contribution < -0.4 is 14.8 Å². The smallest absolute Gasteiger partial charge is 0.317 e. The highest BCUT2D eigenvalue weighted by atomic mass is 19.1. The van der Waals surface area contributed by atoms with Gasteiger partial charge in [0.2, 0.25) is 5.91 Å². The Labute approximate surface area is 188 Å². The normalized spacial score (nSPS) is 14.6. The molecule has 1 heterocycles. The molecule has 0 radical (unpaired) electrons. The summed E-state index contributed by atoms with van der Waals surface area (Å²) >= 11 is 0. The molecule has 1 N–H and O–H groups in total. The minimum Gasteiger partial charge on any atom is -0.497 e. The van der Waals surface area contributed by atoms with Gasteiger partial charge in [-0.3, -0.25) is 4.79 Å². The van der Waals surface area contributed by atoms with E-state index < -0.39 is 0 Å². The summed E-state index contributed by atoms with van der Waals surface area (Å²) in [6, 6.07) is 13.1. The van der Waals surface area contributed by atoms with Crippen LogP contribution in [0.1, 0.15) is 18.9 Å². The number of amides is 3. The fraction of sp³-hybridized carbons (Fsp3) is 0.417. The van der Waals surface area contributed by atoms with Gasteiger partial charge in [0.15, 0.2) is 0 Å².